The number of thioether (sulfide) groups is 1. The summed E-state index contributed by atoms with van der Waals surface area (Å²) in [5.41, 5.74) is 1.37. The predicted octanol–water partition coefficient (Wildman–Crippen LogP) is 2.92. The van der Waals surface area contributed by atoms with Crippen LogP contribution in [0.1, 0.15) is 18.9 Å². The minimum Gasteiger partial charge on any atom is -0.312 e. The molecule has 78 valence electrons. The van der Waals surface area contributed by atoms with Crippen LogP contribution in [0.15, 0.2) is 30.3 Å². The molecule has 0 aromatic heterocycles. The largest absolute Gasteiger partial charge is 0.312 e. The van der Waals surface area contributed by atoms with E-state index in [2.05, 4.69) is 42.6 Å². The highest BCUT2D eigenvalue weighted by atomic mass is 32.2. The Morgan fingerprint density at radius 3 is 2.64 bits per heavy atom. The summed E-state index contributed by atoms with van der Waals surface area (Å²) in [5, 5.41) is 3.44. The lowest BCUT2D eigenvalue weighted by Gasteiger charge is -2.03. The molecule has 0 bridgehead atoms. The maximum Gasteiger partial charge on any atom is 0.0205 e. The van der Waals surface area contributed by atoms with Crippen LogP contribution in [0.3, 0.4) is 0 Å². The van der Waals surface area contributed by atoms with Gasteiger partial charge < -0.3 is 5.32 Å². The van der Waals surface area contributed by atoms with Gasteiger partial charge in [-0.2, -0.15) is 11.8 Å². The Kier molecular flexibility index (Phi) is 6.54. The summed E-state index contributed by atoms with van der Waals surface area (Å²) < 4.78 is 0. The maximum atomic E-state index is 3.44. The summed E-state index contributed by atoms with van der Waals surface area (Å²) in [7, 11) is 0. The van der Waals surface area contributed by atoms with Crippen molar-refractivity contribution in [2.75, 3.05) is 18.1 Å². The quantitative estimate of drug-likeness (QED) is 0.693. The van der Waals surface area contributed by atoms with E-state index in [4.69, 9.17) is 0 Å². The third kappa shape index (κ3) is 5.30. The van der Waals surface area contributed by atoms with Gasteiger partial charge in [-0.1, -0.05) is 37.3 Å². The Morgan fingerprint density at radius 2 is 1.93 bits per heavy atom. The van der Waals surface area contributed by atoms with Crippen molar-refractivity contribution < 1.29 is 0 Å². The molecule has 0 aliphatic carbocycles. The van der Waals surface area contributed by atoms with Crippen molar-refractivity contribution in [2.24, 2.45) is 0 Å². The highest BCUT2D eigenvalue weighted by molar-refractivity contribution is 7.99. The summed E-state index contributed by atoms with van der Waals surface area (Å²) >= 11 is 2.03. The van der Waals surface area contributed by atoms with E-state index in [0.717, 1.165) is 13.1 Å². The fraction of sp³-hybridized carbons (Fsp3) is 0.500. The Labute approximate surface area is 91.3 Å². The number of hydrogen-bond donors (Lipinski definition) is 1. The topological polar surface area (TPSA) is 12.0 Å². The first-order valence-electron chi connectivity index (χ1n) is 5.26. The molecule has 0 saturated carbocycles. The van der Waals surface area contributed by atoms with Crippen LogP contribution in [-0.2, 0) is 6.54 Å². The van der Waals surface area contributed by atoms with E-state index in [9.17, 15) is 0 Å². The number of rotatable bonds is 7. The molecule has 0 heterocycles. The maximum absolute atomic E-state index is 3.44. The Morgan fingerprint density at radius 1 is 1.14 bits per heavy atom. The van der Waals surface area contributed by atoms with Crippen LogP contribution < -0.4 is 5.32 Å². The van der Waals surface area contributed by atoms with Gasteiger partial charge in [0, 0.05) is 18.8 Å². The normalized spacial score (nSPS) is 10.4. The van der Waals surface area contributed by atoms with Gasteiger partial charge in [0.25, 0.3) is 0 Å². The third-order valence-electron chi connectivity index (χ3n) is 1.94. The number of hydrogen-bond acceptors (Lipinski definition) is 2. The third-order valence-corrected chi connectivity index (χ3v) is 3.13. The average molecular weight is 209 g/mol. The van der Waals surface area contributed by atoms with E-state index < -0.39 is 0 Å². The summed E-state index contributed by atoms with van der Waals surface area (Å²) in [6.45, 7) is 4.33. The molecule has 1 aromatic rings. The summed E-state index contributed by atoms with van der Waals surface area (Å²) in [5.74, 6) is 2.51. The smallest absolute Gasteiger partial charge is 0.0205 e. The van der Waals surface area contributed by atoms with Crippen molar-refractivity contribution in [3.8, 4) is 0 Å². The molecule has 1 aromatic carbocycles. The van der Waals surface area contributed by atoms with Crippen molar-refractivity contribution in [3.63, 3.8) is 0 Å². The van der Waals surface area contributed by atoms with E-state index in [1.807, 2.05) is 11.8 Å². The molecular weight excluding hydrogens is 190 g/mol. The molecule has 0 aliphatic heterocycles. The van der Waals surface area contributed by atoms with Crippen molar-refractivity contribution in [1.29, 1.82) is 0 Å². The molecule has 2 heteroatoms. The minimum atomic E-state index is 0.994. The van der Waals surface area contributed by atoms with Crippen LogP contribution in [0.2, 0.25) is 0 Å². The first-order chi connectivity index (χ1) is 6.93. The van der Waals surface area contributed by atoms with Crippen molar-refractivity contribution in [2.45, 2.75) is 19.9 Å². The summed E-state index contributed by atoms with van der Waals surface area (Å²) in [6, 6.07) is 10.5. The SMILES string of the molecule is CCCSCCNCc1ccccc1. The fourth-order valence-electron chi connectivity index (χ4n) is 1.22. The zero-order valence-corrected chi connectivity index (χ0v) is 9.65. The van der Waals surface area contributed by atoms with E-state index in [1.165, 1.54) is 23.5 Å². The van der Waals surface area contributed by atoms with Crippen molar-refractivity contribution in [3.05, 3.63) is 35.9 Å². The van der Waals surface area contributed by atoms with Crippen LogP contribution >= 0.6 is 11.8 Å². The second-order valence-electron chi connectivity index (χ2n) is 3.27. The van der Waals surface area contributed by atoms with Gasteiger partial charge in [0.1, 0.15) is 0 Å². The van der Waals surface area contributed by atoms with Gasteiger partial charge in [-0.15, -0.1) is 0 Å². The molecule has 0 fully saturated rings. The Balaban J connectivity index is 1.99. The van der Waals surface area contributed by atoms with E-state index >= 15 is 0 Å². The van der Waals surface area contributed by atoms with Crippen LogP contribution in [-0.4, -0.2) is 18.1 Å². The van der Waals surface area contributed by atoms with Gasteiger partial charge in [-0.25, -0.2) is 0 Å². The number of nitrogens with one attached hydrogen (secondary N) is 1. The predicted molar refractivity (Wildman–Crippen MR) is 65.8 cm³/mol. The van der Waals surface area contributed by atoms with Gasteiger partial charge in [0.15, 0.2) is 0 Å². The Hall–Kier alpha value is -0.470. The summed E-state index contributed by atoms with van der Waals surface area (Å²) in [4.78, 5) is 0. The molecule has 1 N–H and O–H groups in total. The van der Waals surface area contributed by atoms with Gasteiger partial charge in [0.05, 0.1) is 0 Å². The monoisotopic (exact) mass is 209 g/mol. The second-order valence-corrected chi connectivity index (χ2v) is 4.50. The standard InChI is InChI=1S/C12H19NS/c1-2-9-14-10-8-13-11-12-6-4-3-5-7-12/h3-7,13H,2,8-11H2,1H3. The molecule has 0 saturated heterocycles. The molecule has 0 spiro atoms. The molecular formula is C12H19NS. The molecule has 0 amide bonds. The lowest BCUT2D eigenvalue weighted by Crippen LogP contribution is -2.16. The zero-order chi connectivity index (χ0) is 10.1. The van der Waals surface area contributed by atoms with Crippen molar-refractivity contribution >= 4 is 11.8 Å². The molecule has 1 nitrogen and oxygen atoms in total. The second kappa shape index (κ2) is 7.89. The molecule has 1 rings (SSSR count). The molecule has 14 heavy (non-hydrogen) atoms. The first-order valence-corrected chi connectivity index (χ1v) is 6.41. The first kappa shape index (κ1) is 11.6. The molecule has 0 radical (unpaired) electrons. The van der Waals surface area contributed by atoms with E-state index in [-0.39, 0.29) is 0 Å². The lowest BCUT2D eigenvalue weighted by molar-refractivity contribution is 0.732. The average Bonchev–Trinajstić information content (AvgIpc) is 2.25. The van der Waals surface area contributed by atoms with Crippen LogP contribution in [0, 0.1) is 0 Å². The summed E-state index contributed by atoms with van der Waals surface area (Å²) in [6.07, 6.45) is 1.28. The van der Waals surface area contributed by atoms with Crippen LogP contribution in [0.5, 0.6) is 0 Å². The highest BCUT2D eigenvalue weighted by Gasteiger charge is 1.90. The van der Waals surface area contributed by atoms with Gasteiger partial charge >= 0.3 is 0 Å². The van der Waals surface area contributed by atoms with Gasteiger partial charge in [-0.3, -0.25) is 0 Å². The van der Waals surface area contributed by atoms with Gasteiger partial charge in [0.2, 0.25) is 0 Å². The van der Waals surface area contributed by atoms with Gasteiger partial charge in [-0.05, 0) is 17.7 Å². The fourth-order valence-corrected chi connectivity index (χ4v) is 2.00. The van der Waals surface area contributed by atoms with Crippen molar-refractivity contribution in [1.82, 2.24) is 5.32 Å². The Bertz CT molecular complexity index is 223. The molecule has 0 aliphatic rings. The minimum absolute atomic E-state index is 0.994. The lowest BCUT2D eigenvalue weighted by atomic mass is 10.2. The highest BCUT2D eigenvalue weighted by Crippen LogP contribution is 2.01. The van der Waals surface area contributed by atoms with Crippen LogP contribution in [0.25, 0.3) is 0 Å². The molecule has 0 unspecified atom stereocenters. The van der Waals surface area contributed by atoms with E-state index in [1.54, 1.807) is 0 Å². The zero-order valence-electron chi connectivity index (χ0n) is 8.83. The molecule has 0 atom stereocenters. The van der Waals surface area contributed by atoms with Crippen LogP contribution in [0.4, 0.5) is 0 Å². The van der Waals surface area contributed by atoms with E-state index in [0.29, 0.717) is 0 Å². The number of benzene rings is 1.